The Balaban J connectivity index is 1.57. The average Bonchev–Trinajstić information content (AvgIpc) is 2.64. The predicted molar refractivity (Wildman–Crippen MR) is 96.7 cm³/mol. The largest absolute Gasteiger partial charge is 0.363 e. The van der Waals surface area contributed by atoms with Gasteiger partial charge in [-0.1, -0.05) is 12.1 Å². The maximum Gasteiger partial charge on any atom is 0.295 e. The van der Waals surface area contributed by atoms with Crippen molar-refractivity contribution in [2.75, 3.05) is 42.9 Å². The number of hydrogen-bond donors (Lipinski definition) is 1. The SMILES string of the molecule is O=C(CN1CCN(c2ccc(F)cc2[N+](=O)[O-])CC1)Nc1ccccc1F. The van der Waals surface area contributed by atoms with Crippen LogP contribution in [0.3, 0.4) is 0 Å². The zero-order valence-corrected chi connectivity index (χ0v) is 14.4. The second-order valence-electron chi connectivity index (χ2n) is 6.18. The molecule has 0 saturated carbocycles. The number of halogens is 2. The van der Waals surface area contributed by atoms with Gasteiger partial charge in [0.25, 0.3) is 5.69 Å². The Morgan fingerprint density at radius 2 is 1.81 bits per heavy atom. The van der Waals surface area contributed by atoms with Gasteiger partial charge in [-0.3, -0.25) is 19.8 Å². The molecule has 1 heterocycles. The Bertz CT molecular complexity index is 854. The first-order chi connectivity index (χ1) is 12.9. The van der Waals surface area contributed by atoms with Gasteiger partial charge in [-0.2, -0.15) is 0 Å². The summed E-state index contributed by atoms with van der Waals surface area (Å²) in [5, 5.41) is 13.7. The van der Waals surface area contributed by atoms with E-state index >= 15 is 0 Å². The molecule has 7 nitrogen and oxygen atoms in total. The number of nitrogens with zero attached hydrogens (tertiary/aromatic N) is 3. The molecule has 1 fully saturated rings. The molecule has 1 aliphatic rings. The first-order valence-corrected chi connectivity index (χ1v) is 8.39. The molecule has 0 aliphatic carbocycles. The Labute approximate surface area is 154 Å². The first-order valence-electron chi connectivity index (χ1n) is 8.39. The lowest BCUT2D eigenvalue weighted by Crippen LogP contribution is -2.48. The van der Waals surface area contributed by atoms with Crippen molar-refractivity contribution in [3.63, 3.8) is 0 Å². The van der Waals surface area contributed by atoms with Gasteiger partial charge in [0.1, 0.15) is 17.3 Å². The highest BCUT2D eigenvalue weighted by atomic mass is 19.1. The maximum atomic E-state index is 13.6. The number of nitrogens with one attached hydrogen (secondary N) is 1. The molecule has 1 aliphatic heterocycles. The van der Waals surface area contributed by atoms with Gasteiger partial charge < -0.3 is 10.2 Å². The van der Waals surface area contributed by atoms with Crippen molar-refractivity contribution in [1.82, 2.24) is 4.90 Å². The Kier molecular flexibility index (Phi) is 5.60. The Hall–Kier alpha value is -3.07. The second-order valence-corrected chi connectivity index (χ2v) is 6.18. The van der Waals surface area contributed by atoms with Gasteiger partial charge in [-0.05, 0) is 24.3 Å². The van der Waals surface area contributed by atoms with Crippen molar-refractivity contribution in [2.45, 2.75) is 0 Å². The number of carbonyl (C=O) groups is 1. The summed E-state index contributed by atoms with van der Waals surface area (Å²) in [7, 11) is 0. The minimum absolute atomic E-state index is 0.0910. The number of nitro groups is 1. The van der Waals surface area contributed by atoms with Crippen molar-refractivity contribution in [1.29, 1.82) is 0 Å². The van der Waals surface area contributed by atoms with E-state index in [-0.39, 0.29) is 23.8 Å². The lowest BCUT2D eigenvalue weighted by molar-refractivity contribution is -0.384. The van der Waals surface area contributed by atoms with Gasteiger partial charge in [0, 0.05) is 26.2 Å². The molecule has 2 aromatic carbocycles. The maximum absolute atomic E-state index is 13.6. The molecule has 0 aromatic heterocycles. The number of benzene rings is 2. The average molecular weight is 376 g/mol. The highest BCUT2D eigenvalue weighted by molar-refractivity contribution is 5.92. The molecule has 27 heavy (non-hydrogen) atoms. The first kappa shape index (κ1) is 18.7. The molecule has 1 saturated heterocycles. The molecule has 0 bridgehead atoms. The molecule has 3 rings (SSSR count). The fourth-order valence-corrected chi connectivity index (χ4v) is 3.01. The van der Waals surface area contributed by atoms with E-state index in [1.807, 2.05) is 4.90 Å². The molecule has 2 aromatic rings. The van der Waals surface area contributed by atoms with Crippen molar-refractivity contribution in [3.05, 3.63) is 64.2 Å². The number of amides is 1. The quantitative estimate of drug-likeness (QED) is 0.641. The van der Waals surface area contributed by atoms with E-state index < -0.39 is 16.6 Å². The molecule has 142 valence electrons. The number of carbonyl (C=O) groups excluding carboxylic acids is 1. The van der Waals surface area contributed by atoms with Gasteiger partial charge in [-0.25, -0.2) is 8.78 Å². The smallest absolute Gasteiger partial charge is 0.295 e. The normalized spacial score (nSPS) is 14.8. The van der Waals surface area contributed by atoms with Crippen LogP contribution in [0, 0.1) is 21.7 Å². The topological polar surface area (TPSA) is 78.7 Å². The van der Waals surface area contributed by atoms with Crippen LogP contribution in [0.1, 0.15) is 0 Å². The Morgan fingerprint density at radius 1 is 1.11 bits per heavy atom. The molecule has 1 amide bonds. The molecule has 1 N–H and O–H groups in total. The van der Waals surface area contributed by atoms with Crippen LogP contribution in [0.5, 0.6) is 0 Å². The summed E-state index contributed by atoms with van der Waals surface area (Å²) < 4.78 is 26.9. The minimum Gasteiger partial charge on any atom is -0.363 e. The van der Waals surface area contributed by atoms with Crippen molar-refractivity contribution in [3.8, 4) is 0 Å². The highest BCUT2D eigenvalue weighted by Gasteiger charge is 2.25. The summed E-state index contributed by atoms with van der Waals surface area (Å²) >= 11 is 0. The summed E-state index contributed by atoms with van der Waals surface area (Å²) in [6, 6.07) is 9.42. The third kappa shape index (κ3) is 4.56. The van der Waals surface area contributed by atoms with E-state index in [0.717, 1.165) is 6.07 Å². The van der Waals surface area contributed by atoms with Crippen LogP contribution in [0.4, 0.5) is 25.8 Å². The predicted octanol–water partition coefficient (Wildman–Crippen LogP) is 2.63. The van der Waals surface area contributed by atoms with Crippen molar-refractivity contribution >= 4 is 23.0 Å². The molecular formula is C18H18F2N4O3. The fourth-order valence-electron chi connectivity index (χ4n) is 3.01. The van der Waals surface area contributed by atoms with E-state index in [9.17, 15) is 23.7 Å². The molecule has 9 heteroatoms. The standard InChI is InChI=1S/C18H18F2N4O3/c19-13-5-6-16(17(11-13)24(26)27)23-9-7-22(8-10-23)12-18(25)21-15-4-2-1-3-14(15)20/h1-6,11H,7-10,12H2,(H,21,25). The van der Waals surface area contributed by atoms with Gasteiger partial charge >= 0.3 is 0 Å². The summed E-state index contributed by atoms with van der Waals surface area (Å²) in [6.07, 6.45) is 0. The zero-order chi connectivity index (χ0) is 19.4. The van der Waals surface area contributed by atoms with E-state index in [1.165, 1.54) is 24.3 Å². The van der Waals surface area contributed by atoms with Crippen LogP contribution in [0.2, 0.25) is 0 Å². The summed E-state index contributed by atoms with van der Waals surface area (Å²) in [6.45, 7) is 2.00. The van der Waals surface area contributed by atoms with Crippen molar-refractivity contribution in [2.24, 2.45) is 0 Å². The summed E-state index contributed by atoms with van der Waals surface area (Å²) in [5.41, 5.74) is 0.209. The minimum atomic E-state index is -0.658. The van der Waals surface area contributed by atoms with Crippen LogP contribution in [0.25, 0.3) is 0 Å². The monoisotopic (exact) mass is 376 g/mol. The Morgan fingerprint density at radius 3 is 2.48 bits per heavy atom. The number of nitro benzene ring substituents is 1. The molecule has 0 radical (unpaired) electrons. The molecule has 0 atom stereocenters. The summed E-state index contributed by atoms with van der Waals surface area (Å²) in [4.78, 5) is 26.3. The number of piperazine rings is 1. The van der Waals surface area contributed by atoms with Crippen LogP contribution >= 0.6 is 0 Å². The number of anilines is 2. The summed E-state index contributed by atoms with van der Waals surface area (Å²) in [5.74, 6) is -1.49. The number of hydrogen-bond acceptors (Lipinski definition) is 5. The van der Waals surface area contributed by atoms with Crippen LogP contribution in [-0.4, -0.2) is 48.5 Å². The highest BCUT2D eigenvalue weighted by Crippen LogP contribution is 2.29. The van der Waals surface area contributed by atoms with Crippen LogP contribution in [-0.2, 0) is 4.79 Å². The van der Waals surface area contributed by atoms with Gasteiger partial charge in [0.05, 0.1) is 23.2 Å². The molecular weight excluding hydrogens is 358 g/mol. The third-order valence-electron chi connectivity index (χ3n) is 4.36. The van der Waals surface area contributed by atoms with E-state index in [1.54, 1.807) is 17.0 Å². The van der Waals surface area contributed by atoms with E-state index in [0.29, 0.717) is 31.9 Å². The van der Waals surface area contributed by atoms with Gasteiger partial charge in [0.15, 0.2) is 0 Å². The van der Waals surface area contributed by atoms with E-state index in [4.69, 9.17) is 0 Å². The number of rotatable bonds is 5. The molecule has 0 unspecified atom stereocenters. The van der Waals surface area contributed by atoms with Gasteiger partial charge in [0.2, 0.25) is 5.91 Å². The van der Waals surface area contributed by atoms with Crippen molar-refractivity contribution < 1.29 is 18.5 Å². The zero-order valence-electron chi connectivity index (χ0n) is 14.4. The van der Waals surface area contributed by atoms with Crippen LogP contribution in [0.15, 0.2) is 42.5 Å². The van der Waals surface area contributed by atoms with Gasteiger partial charge in [-0.15, -0.1) is 0 Å². The third-order valence-corrected chi connectivity index (χ3v) is 4.36. The van der Waals surface area contributed by atoms with Crippen LogP contribution < -0.4 is 10.2 Å². The lowest BCUT2D eigenvalue weighted by atomic mass is 10.2. The number of para-hydroxylation sites is 1. The van der Waals surface area contributed by atoms with E-state index in [2.05, 4.69) is 5.32 Å². The lowest BCUT2D eigenvalue weighted by Gasteiger charge is -2.35. The molecule has 0 spiro atoms. The second kappa shape index (κ2) is 8.09. The fraction of sp³-hybridized carbons (Fsp3) is 0.278.